The first kappa shape index (κ1) is 20.5. The molecule has 1 heterocycles. The molecule has 0 atom stereocenters. The van der Waals surface area contributed by atoms with Crippen molar-refractivity contribution in [3.05, 3.63) is 59.1 Å². The van der Waals surface area contributed by atoms with Gasteiger partial charge >= 0.3 is 0 Å². The second-order valence-corrected chi connectivity index (χ2v) is 6.86. The lowest BCUT2D eigenvalue weighted by molar-refractivity contribution is -0.135. The van der Waals surface area contributed by atoms with Gasteiger partial charge in [-0.25, -0.2) is 0 Å². The lowest BCUT2D eigenvalue weighted by atomic mass is 10.2. The van der Waals surface area contributed by atoms with Crippen molar-refractivity contribution in [2.24, 2.45) is 0 Å². The Morgan fingerprint density at radius 3 is 2.66 bits per heavy atom. The van der Waals surface area contributed by atoms with E-state index < -0.39 is 0 Å². The number of tetrazole rings is 1. The Bertz CT molecular complexity index is 1010. The quantitative estimate of drug-likeness (QED) is 0.644. The molecule has 29 heavy (non-hydrogen) atoms. The standard InChI is InChI=1S/C20H21ClN6O2/c1-3-26(12-18(28)22-17-11-16(21)10-9-14(17)2)19(29)13-27-24-20(23-25-27)15-7-5-4-6-8-15/h4-11H,3,12-13H2,1-2H3,(H,22,28). The van der Waals surface area contributed by atoms with Crippen LogP contribution in [0.1, 0.15) is 12.5 Å². The summed E-state index contributed by atoms with van der Waals surface area (Å²) in [4.78, 5) is 27.6. The number of aryl methyl sites for hydroxylation is 1. The largest absolute Gasteiger partial charge is 0.332 e. The molecule has 2 aromatic carbocycles. The minimum absolute atomic E-state index is 0.0818. The number of carbonyl (C=O) groups is 2. The van der Waals surface area contributed by atoms with Gasteiger partial charge in [0.1, 0.15) is 6.54 Å². The van der Waals surface area contributed by atoms with Gasteiger partial charge in [-0.3, -0.25) is 9.59 Å². The molecule has 1 N–H and O–H groups in total. The van der Waals surface area contributed by atoms with Crippen molar-refractivity contribution in [3.63, 3.8) is 0 Å². The third-order valence-electron chi connectivity index (χ3n) is 4.30. The van der Waals surface area contributed by atoms with E-state index in [1.165, 1.54) is 9.70 Å². The molecule has 0 saturated heterocycles. The van der Waals surface area contributed by atoms with Crippen molar-refractivity contribution in [1.29, 1.82) is 0 Å². The minimum Gasteiger partial charge on any atom is -0.332 e. The number of likely N-dealkylation sites (N-methyl/N-ethyl adjacent to an activating group) is 1. The van der Waals surface area contributed by atoms with E-state index in [1.54, 1.807) is 19.1 Å². The molecule has 2 amide bonds. The molecule has 9 heteroatoms. The Balaban J connectivity index is 1.61. The molecular formula is C20H21ClN6O2. The molecule has 3 rings (SSSR count). The molecule has 8 nitrogen and oxygen atoms in total. The van der Waals surface area contributed by atoms with Gasteiger partial charge in [0, 0.05) is 22.8 Å². The van der Waals surface area contributed by atoms with Crippen molar-refractivity contribution in [1.82, 2.24) is 25.1 Å². The first-order valence-electron chi connectivity index (χ1n) is 9.13. The fourth-order valence-corrected chi connectivity index (χ4v) is 2.87. The van der Waals surface area contributed by atoms with Crippen molar-refractivity contribution in [2.75, 3.05) is 18.4 Å². The van der Waals surface area contributed by atoms with Crippen LogP contribution >= 0.6 is 11.6 Å². The Kier molecular flexibility index (Phi) is 6.56. The van der Waals surface area contributed by atoms with Crippen LogP contribution in [0, 0.1) is 6.92 Å². The lowest BCUT2D eigenvalue weighted by Gasteiger charge is -2.20. The molecule has 0 fully saturated rings. The molecule has 0 aliphatic rings. The van der Waals surface area contributed by atoms with Crippen molar-refractivity contribution < 1.29 is 9.59 Å². The first-order valence-corrected chi connectivity index (χ1v) is 9.51. The molecule has 0 bridgehead atoms. The summed E-state index contributed by atoms with van der Waals surface area (Å²) in [5, 5.41) is 15.5. The van der Waals surface area contributed by atoms with Crippen molar-refractivity contribution in [3.8, 4) is 11.4 Å². The van der Waals surface area contributed by atoms with Gasteiger partial charge in [-0.15, -0.1) is 10.2 Å². The number of hydrogen-bond acceptors (Lipinski definition) is 5. The van der Waals surface area contributed by atoms with E-state index in [2.05, 4.69) is 20.7 Å². The zero-order valence-corrected chi connectivity index (χ0v) is 16.9. The fraction of sp³-hybridized carbons (Fsp3) is 0.250. The number of nitrogens with zero attached hydrogens (tertiary/aromatic N) is 5. The number of benzene rings is 2. The van der Waals surface area contributed by atoms with Crippen LogP contribution in [0.25, 0.3) is 11.4 Å². The van der Waals surface area contributed by atoms with Crippen LogP contribution in [-0.4, -0.2) is 50.0 Å². The highest BCUT2D eigenvalue weighted by Gasteiger charge is 2.18. The number of aromatic nitrogens is 4. The van der Waals surface area contributed by atoms with Crippen LogP contribution in [0.15, 0.2) is 48.5 Å². The van der Waals surface area contributed by atoms with Gasteiger partial charge in [0.05, 0.1) is 6.54 Å². The van der Waals surface area contributed by atoms with E-state index in [0.717, 1.165) is 11.1 Å². The second-order valence-electron chi connectivity index (χ2n) is 6.42. The predicted octanol–water partition coefficient (Wildman–Crippen LogP) is 2.79. The monoisotopic (exact) mass is 412 g/mol. The molecule has 0 aliphatic carbocycles. The molecular weight excluding hydrogens is 392 g/mol. The number of rotatable bonds is 7. The highest BCUT2D eigenvalue weighted by Crippen LogP contribution is 2.20. The van der Waals surface area contributed by atoms with E-state index in [1.807, 2.05) is 43.3 Å². The summed E-state index contributed by atoms with van der Waals surface area (Å²) in [6.45, 7) is 3.87. The van der Waals surface area contributed by atoms with Gasteiger partial charge in [-0.1, -0.05) is 48.0 Å². The van der Waals surface area contributed by atoms with Crippen molar-refractivity contribution in [2.45, 2.75) is 20.4 Å². The Morgan fingerprint density at radius 1 is 1.17 bits per heavy atom. The van der Waals surface area contributed by atoms with E-state index in [4.69, 9.17) is 11.6 Å². The van der Waals surface area contributed by atoms with Gasteiger partial charge in [0.2, 0.25) is 17.6 Å². The normalized spacial score (nSPS) is 10.6. The molecule has 1 aromatic heterocycles. The number of amides is 2. The van der Waals surface area contributed by atoms with Crippen LogP contribution in [0.4, 0.5) is 5.69 Å². The Morgan fingerprint density at radius 2 is 1.93 bits per heavy atom. The molecule has 0 unspecified atom stereocenters. The maximum absolute atomic E-state index is 12.6. The summed E-state index contributed by atoms with van der Waals surface area (Å²) in [5.74, 6) is -0.139. The summed E-state index contributed by atoms with van der Waals surface area (Å²) in [6, 6.07) is 14.6. The maximum atomic E-state index is 12.6. The molecule has 0 radical (unpaired) electrons. The zero-order valence-electron chi connectivity index (χ0n) is 16.2. The maximum Gasteiger partial charge on any atom is 0.246 e. The number of halogens is 1. The van der Waals surface area contributed by atoms with E-state index in [9.17, 15) is 9.59 Å². The van der Waals surface area contributed by atoms with Gasteiger partial charge in [0.15, 0.2) is 0 Å². The minimum atomic E-state index is -0.304. The number of hydrogen-bond donors (Lipinski definition) is 1. The number of carbonyl (C=O) groups excluding carboxylic acids is 2. The number of nitrogens with one attached hydrogen (secondary N) is 1. The molecule has 0 saturated carbocycles. The summed E-state index contributed by atoms with van der Waals surface area (Å²) in [5.41, 5.74) is 2.32. The zero-order chi connectivity index (χ0) is 20.8. The molecule has 0 aliphatic heterocycles. The number of anilines is 1. The SMILES string of the molecule is CCN(CC(=O)Nc1cc(Cl)ccc1C)C(=O)Cn1nnc(-c2ccccc2)n1. The first-order chi connectivity index (χ1) is 14.0. The van der Waals surface area contributed by atoms with Gasteiger partial charge in [-0.2, -0.15) is 4.80 Å². The lowest BCUT2D eigenvalue weighted by Crippen LogP contribution is -2.40. The van der Waals surface area contributed by atoms with Crippen LogP contribution in [0.2, 0.25) is 5.02 Å². The third-order valence-corrected chi connectivity index (χ3v) is 4.54. The fourth-order valence-electron chi connectivity index (χ4n) is 2.70. The summed E-state index contributed by atoms with van der Waals surface area (Å²) in [7, 11) is 0. The van der Waals surface area contributed by atoms with Gasteiger partial charge in [0.25, 0.3) is 0 Å². The molecule has 3 aromatic rings. The summed E-state index contributed by atoms with van der Waals surface area (Å²) >= 11 is 5.98. The van der Waals surface area contributed by atoms with Gasteiger partial charge in [-0.05, 0) is 36.8 Å². The topological polar surface area (TPSA) is 93.0 Å². The highest BCUT2D eigenvalue weighted by molar-refractivity contribution is 6.31. The highest BCUT2D eigenvalue weighted by atomic mass is 35.5. The van der Waals surface area contributed by atoms with Crippen LogP contribution < -0.4 is 5.32 Å². The smallest absolute Gasteiger partial charge is 0.246 e. The summed E-state index contributed by atoms with van der Waals surface area (Å²) < 4.78 is 0. The Labute approximate surface area is 173 Å². The van der Waals surface area contributed by atoms with E-state index in [0.29, 0.717) is 23.1 Å². The Hall–Kier alpha value is -3.26. The molecule has 0 spiro atoms. The predicted molar refractivity (Wildman–Crippen MR) is 110 cm³/mol. The van der Waals surface area contributed by atoms with E-state index >= 15 is 0 Å². The van der Waals surface area contributed by atoms with E-state index in [-0.39, 0.29) is 24.9 Å². The summed E-state index contributed by atoms with van der Waals surface area (Å²) in [6.07, 6.45) is 0. The average Bonchev–Trinajstić information content (AvgIpc) is 3.18. The van der Waals surface area contributed by atoms with Crippen LogP contribution in [-0.2, 0) is 16.1 Å². The third kappa shape index (κ3) is 5.39. The van der Waals surface area contributed by atoms with Gasteiger partial charge < -0.3 is 10.2 Å². The molecule has 150 valence electrons. The van der Waals surface area contributed by atoms with Crippen LogP contribution in [0.3, 0.4) is 0 Å². The van der Waals surface area contributed by atoms with Crippen molar-refractivity contribution >= 4 is 29.1 Å². The average molecular weight is 413 g/mol. The van der Waals surface area contributed by atoms with Crippen LogP contribution in [0.5, 0.6) is 0 Å². The second kappa shape index (κ2) is 9.29.